The van der Waals surface area contributed by atoms with Crippen LogP contribution in [0.2, 0.25) is 0 Å². The fraction of sp³-hybridized carbons (Fsp3) is 0.778. The lowest BCUT2D eigenvalue weighted by molar-refractivity contribution is -0.123. The summed E-state index contributed by atoms with van der Waals surface area (Å²) in [5.41, 5.74) is -0.723. The zero-order valence-electron chi connectivity index (χ0n) is 8.22. The van der Waals surface area contributed by atoms with Crippen LogP contribution in [0.3, 0.4) is 0 Å². The zero-order chi connectivity index (χ0) is 10.2. The highest BCUT2D eigenvalue weighted by molar-refractivity contribution is 6.06. The van der Waals surface area contributed by atoms with Gasteiger partial charge in [-0.2, -0.15) is 0 Å². The Kier molecular flexibility index (Phi) is 2.19. The van der Waals surface area contributed by atoms with Crippen molar-refractivity contribution in [1.82, 2.24) is 16.0 Å². The van der Waals surface area contributed by atoms with Gasteiger partial charge in [0.1, 0.15) is 5.54 Å². The molecule has 0 saturated carbocycles. The largest absolute Gasteiger partial charge is 0.323 e. The van der Waals surface area contributed by atoms with Gasteiger partial charge in [0.2, 0.25) is 0 Å². The first-order valence-corrected chi connectivity index (χ1v) is 4.97. The average molecular weight is 197 g/mol. The highest BCUT2D eigenvalue weighted by Crippen LogP contribution is 2.21. The highest BCUT2D eigenvalue weighted by Gasteiger charge is 2.43. The normalized spacial score (nSPS) is 37.1. The molecule has 5 heteroatoms. The average Bonchev–Trinajstić information content (AvgIpc) is 2.62. The van der Waals surface area contributed by atoms with Crippen LogP contribution < -0.4 is 16.0 Å². The maximum absolute atomic E-state index is 11.5. The van der Waals surface area contributed by atoms with Crippen LogP contribution in [0.1, 0.15) is 26.2 Å². The maximum atomic E-state index is 11.5. The van der Waals surface area contributed by atoms with Gasteiger partial charge in [-0.1, -0.05) is 0 Å². The predicted molar refractivity (Wildman–Crippen MR) is 50.7 cm³/mol. The van der Waals surface area contributed by atoms with E-state index < -0.39 is 5.54 Å². The first-order chi connectivity index (χ1) is 6.60. The van der Waals surface area contributed by atoms with E-state index in [1.165, 1.54) is 0 Å². The second kappa shape index (κ2) is 3.24. The van der Waals surface area contributed by atoms with E-state index in [-0.39, 0.29) is 11.9 Å². The van der Waals surface area contributed by atoms with E-state index in [1.807, 2.05) is 0 Å². The summed E-state index contributed by atoms with van der Waals surface area (Å²) >= 11 is 0. The summed E-state index contributed by atoms with van der Waals surface area (Å²) in [6.07, 6.45) is 2.90. The number of carbonyl (C=O) groups is 2. The highest BCUT2D eigenvalue weighted by atomic mass is 16.2. The second-order valence-corrected chi connectivity index (χ2v) is 4.24. The molecule has 0 spiro atoms. The Hall–Kier alpha value is -1.10. The first kappa shape index (κ1) is 9.45. The topological polar surface area (TPSA) is 70.2 Å². The van der Waals surface area contributed by atoms with Gasteiger partial charge in [-0.3, -0.25) is 10.1 Å². The van der Waals surface area contributed by atoms with Crippen LogP contribution in [-0.2, 0) is 4.79 Å². The molecule has 2 rings (SSSR count). The van der Waals surface area contributed by atoms with Gasteiger partial charge in [-0.25, -0.2) is 4.79 Å². The van der Waals surface area contributed by atoms with Crippen molar-refractivity contribution in [2.45, 2.75) is 37.8 Å². The van der Waals surface area contributed by atoms with E-state index in [2.05, 4.69) is 16.0 Å². The lowest BCUT2D eigenvalue weighted by Crippen LogP contribution is -2.47. The van der Waals surface area contributed by atoms with Gasteiger partial charge in [-0.15, -0.1) is 0 Å². The van der Waals surface area contributed by atoms with E-state index >= 15 is 0 Å². The van der Waals surface area contributed by atoms with Crippen LogP contribution in [0, 0.1) is 0 Å². The quantitative estimate of drug-likeness (QED) is 0.533. The number of nitrogens with one attached hydrogen (secondary N) is 3. The molecular weight excluding hydrogens is 182 g/mol. The minimum Gasteiger partial charge on any atom is -0.323 e. The molecule has 2 aliphatic rings. The molecule has 0 aromatic carbocycles. The van der Waals surface area contributed by atoms with Gasteiger partial charge in [-0.05, 0) is 32.7 Å². The van der Waals surface area contributed by atoms with E-state index in [9.17, 15) is 9.59 Å². The zero-order valence-corrected chi connectivity index (χ0v) is 8.22. The van der Waals surface area contributed by atoms with Crippen molar-refractivity contribution in [1.29, 1.82) is 0 Å². The number of imide groups is 1. The molecule has 3 N–H and O–H groups in total. The van der Waals surface area contributed by atoms with Gasteiger partial charge < -0.3 is 10.6 Å². The number of rotatable bonds is 2. The number of amides is 3. The van der Waals surface area contributed by atoms with Crippen molar-refractivity contribution in [3.8, 4) is 0 Å². The molecular formula is C9H15N3O2. The minimum absolute atomic E-state index is 0.212. The maximum Gasteiger partial charge on any atom is 0.322 e. The van der Waals surface area contributed by atoms with Crippen LogP contribution in [-0.4, -0.2) is 30.1 Å². The summed E-state index contributed by atoms with van der Waals surface area (Å²) in [5, 5.41) is 8.24. The molecule has 14 heavy (non-hydrogen) atoms. The molecule has 2 aliphatic heterocycles. The van der Waals surface area contributed by atoms with Crippen molar-refractivity contribution in [2.75, 3.05) is 6.54 Å². The molecule has 2 heterocycles. The molecule has 5 nitrogen and oxygen atoms in total. The third kappa shape index (κ3) is 1.59. The van der Waals surface area contributed by atoms with Gasteiger partial charge in [0.15, 0.2) is 0 Å². The van der Waals surface area contributed by atoms with Crippen LogP contribution in [0.15, 0.2) is 0 Å². The van der Waals surface area contributed by atoms with Crippen molar-refractivity contribution < 1.29 is 9.59 Å². The second-order valence-electron chi connectivity index (χ2n) is 4.24. The van der Waals surface area contributed by atoms with Crippen LogP contribution in [0.25, 0.3) is 0 Å². The lowest BCUT2D eigenvalue weighted by atomic mass is 9.92. The van der Waals surface area contributed by atoms with Crippen molar-refractivity contribution in [3.63, 3.8) is 0 Å². The van der Waals surface area contributed by atoms with E-state index in [1.54, 1.807) is 6.92 Å². The summed E-state index contributed by atoms with van der Waals surface area (Å²) in [7, 11) is 0. The standard InChI is InChI=1S/C9H15N3O2/c1-9(5-6-3-2-4-10-6)7(13)11-8(14)12-9/h6,10H,2-5H2,1H3,(H2,11,12,13,14)/t6-,9-/m1/s1. The summed E-state index contributed by atoms with van der Waals surface area (Å²) < 4.78 is 0. The predicted octanol–water partition coefficient (Wildman–Crippen LogP) is -0.273. The SMILES string of the molecule is C[C@]1(C[C@H]2CCCN2)NC(=O)NC1=O. The minimum atomic E-state index is -0.723. The lowest BCUT2D eigenvalue weighted by Gasteiger charge is -2.24. The molecule has 0 bridgehead atoms. The molecule has 0 aromatic heterocycles. The number of urea groups is 1. The molecule has 78 valence electrons. The van der Waals surface area contributed by atoms with E-state index in [4.69, 9.17) is 0 Å². The Labute approximate surface area is 82.6 Å². The van der Waals surface area contributed by atoms with Crippen LogP contribution in [0.5, 0.6) is 0 Å². The molecule has 0 aliphatic carbocycles. The summed E-state index contributed by atoms with van der Waals surface area (Å²) in [6, 6.07) is -0.0281. The van der Waals surface area contributed by atoms with E-state index in [0.717, 1.165) is 19.4 Å². The van der Waals surface area contributed by atoms with Gasteiger partial charge in [0.05, 0.1) is 0 Å². The van der Waals surface area contributed by atoms with Gasteiger partial charge >= 0.3 is 6.03 Å². The summed E-state index contributed by atoms with van der Waals surface area (Å²) in [5.74, 6) is -0.212. The Bertz CT molecular complexity index is 273. The summed E-state index contributed by atoms with van der Waals surface area (Å²) in [6.45, 7) is 2.78. The first-order valence-electron chi connectivity index (χ1n) is 4.97. The van der Waals surface area contributed by atoms with Gasteiger partial charge in [0, 0.05) is 6.04 Å². The van der Waals surface area contributed by atoms with Crippen molar-refractivity contribution in [2.24, 2.45) is 0 Å². The fourth-order valence-corrected chi connectivity index (χ4v) is 2.15. The Morgan fingerprint density at radius 2 is 2.29 bits per heavy atom. The molecule has 2 atom stereocenters. The van der Waals surface area contributed by atoms with Crippen molar-refractivity contribution >= 4 is 11.9 Å². The molecule has 3 amide bonds. The number of hydrogen-bond acceptors (Lipinski definition) is 3. The Morgan fingerprint density at radius 1 is 1.50 bits per heavy atom. The third-order valence-electron chi connectivity index (χ3n) is 2.93. The molecule has 2 fully saturated rings. The number of hydrogen-bond donors (Lipinski definition) is 3. The van der Waals surface area contributed by atoms with Crippen LogP contribution >= 0.6 is 0 Å². The third-order valence-corrected chi connectivity index (χ3v) is 2.93. The molecule has 0 radical (unpaired) electrons. The fourth-order valence-electron chi connectivity index (χ4n) is 2.15. The van der Waals surface area contributed by atoms with Crippen LogP contribution in [0.4, 0.5) is 4.79 Å². The smallest absolute Gasteiger partial charge is 0.322 e. The Balaban J connectivity index is 2.01. The monoisotopic (exact) mass is 197 g/mol. The summed E-state index contributed by atoms with van der Waals surface area (Å²) in [4.78, 5) is 22.5. The van der Waals surface area contributed by atoms with Gasteiger partial charge in [0.25, 0.3) is 5.91 Å². The number of carbonyl (C=O) groups excluding carboxylic acids is 2. The molecule has 0 aromatic rings. The van der Waals surface area contributed by atoms with Crippen molar-refractivity contribution in [3.05, 3.63) is 0 Å². The Morgan fingerprint density at radius 3 is 2.79 bits per heavy atom. The molecule has 2 saturated heterocycles. The van der Waals surface area contributed by atoms with E-state index in [0.29, 0.717) is 12.5 Å². The molecule has 0 unspecified atom stereocenters.